The van der Waals surface area contributed by atoms with Crippen molar-refractivity contribution < 1.29 is 18.1 Å². The van der Waals surface area contributed by atoms with E-state index in [4.69, 9.17) is 13.9 Å². The molecule has 0 radical (unpaired) electrons. The lowest BCUT2D eigenvalue weighted by Gasteiger charge is -2.14. The smallest absolute Gasteiger partial charge is 0.210 e. The first kappa shape index (κ1) is 17.5. The molecule has 2 aromatic rings. The summed E-state index contributed by atoms with van der Waals surface area (Å²) in [6.45, 7) is 7.98. The van der Waals surface area contributed by atoms with Gasteiger partial charge in [0.1, 0.15) is 11.0 Å². The molecule has 6 heteroatoms. The average molecular weight is 337 g/mol. The Labute approximate surface area is 139 Å². The Morgan fingerprint density at radius 3 is 2.35 bits per heavy atom. The summed E-state index contributed by atoms with van der Waals surface area (Å²) in [5, 5.41) is -0.357. The first-order valence-corrected chi connectivity index (χ1v) is 8.58. The third-order valence-electron chi connectivity index (χ3n) is 3.52. The highest BCUT2D eigenvalue weighted by molar-refractivity contribution is 7.85. The molecule has 1 heterocycles. The molecule has 126 valence electrons. The summed E-state index contributed by atoms with van der Waals surface area (Å²) in [5.74, 6) is 2.41. The molecule has 23 heavy (non-hydrogen) atoms. The van der Waals surface area contributed by atoms with Crippen LogP contribution in [0, 0.1) is 0 Å². The summed E-state index contributed by atoms with van der Waals surface area (Å²) in [5.41, 5.74) is -0.129. The second-order valence-corrected chi connectivity index (χ2v) is 8.04. The van der Waals surface area contributed by atoms with Gasteiger partial charge in [-0.3, -0.25) is 4.21 Å². The van der Waals surface area contributed by atoms with E-state index in [-0.39, 0.29) is 10.7 Å². The van der Waals surface area contributed by atoms with Gasteiger partial charge in [0.2, 0.25) is 5.89 Å². The summed E-state index contributed by atoms with van der Waals surface area (Å²) in [6.07, 6.45) is 1.71. The minimum atomic E-state index is -1.31. The normalized spacial score (nSPS) is 14.3. The van der Waals surface area contributed by atoms with Gasteiger partial charge in [0, 0.05) is 16.4 Å². The van der Waals surface area contributed by atoms with E-state index in [1.54, 1.807) is 38.6 Å². The van der Waals surface area contributed by atoms with Gasteiger partial charge in [0.05, 0.1) is 31.2 Å². The molecule has 0 N–H and O–H groups in total. The van der Waals surface area contributed by atoms with Crippen LogP contribution in [0.5, 0.6) is 11.5 Å². The van der Waals surface area contributed by atoms with Gasteiger partial charge in [-0.2, -0.15) is 0 Å². The monoisotopic (exact) mass is 337 g/mol. The molecule has 0 fully saturated rings. The number of oxazole rings is 1. The van der Waals surface area contributed by atoms with Crippen LogP contribution in [0.25, 0.3) is 0 Å². The lowest BCUT2D eigenvalue weighted by molar-refractivity contribution is 0.354. The number of rotatable bonds is 5. The first-order chi connectivity index (χ1) is 10.8. The van der Waals surface area contributed by atoms with Crippen LogP contribution in [-0.2, 0) is 16.2 Å². The van der Waals surface area contributed by atoms with Crippen LogP contribution in [0.2, 0.25) is 0 Å². The second-order valence-electron chi connectivity index (χ2n) is 6.27. The summed E-state index contributed by atoms with van der Waals surface area (Å²) in [6, 6.07) is 5.23. The Kier molecular flexibility index (Phi) is 5.14. The Hall–Kier alpha value is -1.82. The number of benzene rings is 1. The van der Waals surface area contributed by atoms with Crippen LogP contribution in [0.3, 0.4) is 0 Å². The van der Waals surface area contributed by atoms with E-state index in [2.05, 4.69) is 4.98 Å². The minimum absolute atomic E-state index is 0.129. The third kappa shape index (κ3) is 3.75. The highest BCUT2D eigenvalue weighted by Crippen LogP contribution is 2.33. The molecule has 5 nitrogen and oxygen atoms in total. The molecular formula is C17H23NO4S. The van der Waals surface area contributed by atoms with Crippen molar-refractivity contribution in [2.24, 2.45) is 0 Å². The van der Waals surface area contributed by atoms with Crippen molar-refractivity contribution in [3.8, 4) is 11.5 Å². The number of nitrogens with zero attached hydrogens (tertiary/aromatic N) is 1. The molecule has 0 aliphatic rings. The van der Waals surface area contributed by atoms with Gasteiger partial charge < -0.3 is 13.9 Å². The van der Waals surface area contributed by atoms with E-state index in [0.29, 0.717) is 22.3 Å². The predicted molar refractivity (Wildman–Crippen MR) is 89.6 cm³/mol. The summed E-state index contributed by atoms with van der Waals surface area (Å²) in [7, 11) is 1.81. The van der Waals surface area contributed by atoms with Gasteiger partial charge in [0.15, 0.2) is 11.5 Å². The number of hydrogen-bond acceptors (Lipinski definition) is 5. The number of hydrogen-bond donors (Lipinski definition) is 0. The summed E-state index contributed by atoms with van der Waals surface area (Å²) in [4.78, 5) is 4.93. The standard InChI is InChI=1S/C17H23NO4S/c1-11(16-18-10-15(22-16)17(2,3)4)23(19)12-7-8-13(20-5)14(9-12)21-6/h7-11H,1-6H3/t11-,23-/m1/s1. The van der Waals surface area contributed by atoms with Crippen LogP contribution in [0.4, 0.5) is 0 Å². The third-order valence-corrected chi connectivity index (χ3v) is 5.08. The lowest BCUT2D eigenvalue weighted by Crippen LogP contribution is -2.09. The molecule has 0 bridgehead atoms. The Balaban J connectivity index is 2.27. The zero-order valence-corrected chi connectivity index (χ0v) is 15.2. The van der Waals surface area contributed by atoms with Crippen molar-refractivity contribution in [2.75, 3.05) is 14.2 Å². The second kappa shape index (κ2) is 6.74. The highest BCUT2D eigenvalue weighted by Gasteiger charge is 2.25. The summed E-state index contributed by atoms with van der Waals surface area (Å²) < 4.78 is 29.0. The van der Waals surface area contributed by atoms with Crippen LogP contribution < -0.4 is 9.47 Å². The molecule has 0 unspecified atom stereocenters. The molecule has 2 atom stereocenters. The molecule has 0 aliphatic heterocycles. The van der Waals surface area contributed by atoms with E-state index in [0.717, 1.165) is 5.76 Å². The quantitative estimate of drug-likeness (QED) is 0.829. The lowest BCUT2D eigenvalue weighted by atomic mass is 9.94. The van der Waals surface area contributed by atoms with Crippen molar-refractivity contribution in [1.82, 2.24) is 4.98 Å². The van der Waals surface area contributed by atoms with Crippen LogP contribution in [0.1, 0.15) is 44.6 Å². The molecule has 2 rings (SSSR count). The molecule has 0 amide bonds. The fraction of sp³-hybridized carbons (Fsp3) is 0.471. The highest BCUT2D eigenvalue weighted by atomic mass is 32.2. The molecular weight excluding hydrogens is 314 g/mol. The van der Waals surface area contributed by atoms with Crippen molar-refractivity contribution >= 4 is 10.8 Å². The topological polar surface area (TPSA) is 61.6 Å². The first-order valence-electron chi connectivity index (χ1n) is 7.36. The van der Waals surface area contributed by atoms with E-state index < -0.39 is 10.8 Å². The van der Waals surface area contributed by atoms with Crippen LogP contribution in [-0.4, -0.2) is 23.4 Å². The zero-order chi connectivity index (χ0) is 17.2. The molecule has 0 spiro atoms. The van der Waals surface area contributed by atoms with E-state index in [1.165, 1.54) is 0 Å². The van der Waals surface area contributed by atoms with Crippen molar-refractivity contribution in [2.45, 2.75) is 43.3 Å². The van der Waals surface area contributed by atoms with Crippen molar-refractivity contribution in [1.29, 1.82) is 0 Å². The minimum Gasteiger partial charge on any atom is -0.493 e. The molecule has 0 saturated heterocycles. The largest absolute Gasteiger partial charge is 0.493 e. The van der Waals surface area contributed by atoms with Crippen molar-refractivity contribution in [3.05, 3.63) is 36.0 Å². The molecule has 1 aromatic heterocycles. The van der Waals surface area contributed by atoms with E-state index in [1.807, 2.05) is 27.7 Å². The fourth-order valence-electron chi connectivity index (χ4n) is 2.06. The van der Waals surface area contributed by atoms with Gasteiger partial charge >= 0.3 is 0 Å². The SMILES string of the molecule is COc1ccc([S@](=O)[C@H](C)c2ncc(C(C)(C)C)o2)cc1OC. The Morgan fingerprint density at radius 2 is 1.83 bits per heavy atom. The maximum atomic E-state index is 12.8. The van der Waals surface area contributed by atoms with Crippen molar-refractivity contribution in [3.63, 3.8) is 0 Å². The van der Waals surface area contributed by atoms with Gasteiger partial charge in [-0.25, -0.2) is 4.98 Å². The van der Waals surface area contributed by atoms with Gasteiger partial charge in [-0.15, -0.1) is 0 Å². The zero-order valence-electron chi connectivity index (χ0n) is 14.4. The maximum absolute atomic E-state index is 12.8. The van der Waals surface area contributed by atoms with Gasteiger partial charge in [-0.1, -0.05) is 20.8 Å². The molecule has 1 aromatic carbocycles. The van der Waals surface area contributed by atoms with Gasteiger partial charge in [-0.05, 0) is 19.1 Å². The maximum Gasteiger partial charge on any atom is 0.210 e. The Morgan fingerprint density at radius 1 is 1.17 bits per heavy atom. The number of ether oxygens (including phenoxy) is 2. The number of methoxy groups -OCH3 is 2. The predicted octanol–water partition coefficient (Wildman–Crippen LogP) is 3.86. The number of aromatic nitrogens is 1. The van der Waals surface area contributed by atoms with Crippen LogP contribution >= 0.6 is 0 Å². The summed E-state index contributed by atoms with van der Waals surface area (Å²) >= 11 is 0. The Bertz CT molecular complexity index is 703. The van der Waals surface area contributed by atoms with Crippen LogP contribution in [0.15, 0.2) is 33.7 Å². The van der Waals surface area contributed by atoms with E-state index in [9.17, 15) is 4.21 Å². The van der Waals surface area contributed by atoms with Gasteiger partial charge in [0.25, 0.3) is 0 Å². The molecule has 0 aliphatic carbocycles. The average Bonchev–Trinajstić information content (AvgIpc) is 3.02. The fourth-order valence-corrected chi connectivity index (χ4v) is 3.19. The molecule has 0 saturated carbocycles. The van der Waals surface area contributed by atoms with E-state index >= 15 is 0 Å².